The summed E-state index contributed by atoms with van der Waals surface area (Å²) in [4.78, 5) is 9.78. The largest absolute Gasteiger partial charge is 0.434 e. The van der Waals surface area contributed by atoms with Gasteiger partial charge in [-0.15, -0.1) is 30.8 Å². The van der Waals surface area contributed by atoms with E-state index in [1.54, 1.807) is 0 Å². The highest BCUT2D eigenvalue weighted by atomic mass is 32.2. The number of sulfonamides is 1. The smallest absolute Gasteiger partial charge is 0.396 e. The van der Waals surface area contributed by atoms with Gasteiger partial charge < -0.3 is 9.52 Å². The van der Waals surface area contributed by atoms with E-state index in [1.165, 1.54) is 0 Å². The lowest BCUT2D eigenvalue weighted by Crippen LogP contribution is -2.30. The number of hydrogen-bond donors (Lipinski definition) is 2. The number of terminal acetylenes is 2. The first kappa shape index (κ1) is 30.2. The van der Waals surface area contributed by atoms with Crippen molar-refractivity contribution in [2.75, 3.05) is 19.4 Å². The molecule has 0 bridgehead atoms. The molecule has 0 amide bonds. The van der Waals surface area contributed by atoms with E-state index in [1.807, 2.05) is 12.0 Å². The zero-order valence-corrected chi connectivity index (χ0v) is 18.2. The molecule has 2 N–H and O–H groups in total. The molecule has 0 aliphatic rings. The standard InChI is InChI=1S/C14H21F2NO3S.C2H2N2O2.2C2H2/c1-3-6-17(21(2,19)20)10-12-9-13(15)11(5-4-7-18)8-14(12)16;5-2-4-3-1-6-2;2*1-2/h8-9,18H,3-7,10H2,1-2H3;1H,(H,4,5);2*1-2H. The van der Waals surface area contributed by atoms with Crippen LogP contribution >= 0.6 is 0 Å². The maximum absolute atomic E-state index is 14.0. The van der Waals surface area contributed by atoms with Crippen molar-refractivity contribution in [3.8, 4) is 25.7 Å². The van der Waals surface area contributed by atoms with Crippen molar-refractivity contribution in [3.05, 3.63) is 51.8 Å². The fraction of sp³-hybridized carbons (Fsp3) is 0.400. The van der Waals surface area contributed by atoms with Crippen LogP contribution in [-0.2, 0) is 23.0 Å². The lowest BCUT2D eigenvalue weighted by Gasteiger charge is -2.20. The maximum Gasteiger partial charge on any atom is 0.434 e. The van der Waals surface area contributed by atoms with E-state index < -0.39 is 27.4 Å². The molecule has 0 radical (unpaired) electrons. The molecular formula is C20H27F2N3O5S. The second-order valence-electron chi connectivity index (χ2n) is 5.71. The number of hydrogen-bond acceptors (Lipinski definition) is 6. The van der Waals surface area contributed by atoms with Gasteiger partial charge in [0, 0.05) is 25.3 Å². The first-order valence-electron chi connectivity index (χ1n) is 8.86. The Hall–Kier alpha value is -2.99. The van der Waals surface area contributed by atoms with Gasteiger partial charge in [0.2, 0.25) is 16.4 Å². The molecule has 2 aromatic rings. The summed E-state index contributed by atoms with van der Waals surface area (Å²) in [5.74, 6) is -1.73. The summed E-state index contributed by atoms with van der Waals surface area (Å²) < 4.78 is 56.3. The first-order chi connectivity index (χ1) is 14.7. The van der Waals surface area contributed by atoms with Crippen molar-refractivity contribution in [2.24, 2.45) is 0 Å². The minimum Gasteiger partial charge on any atom is -0.396 e. The van der Waals surface area contributed by atoms with Gasteiger partial charge in [0.25, 0.3) is 0 Å². The van der Waals surface area contributed by atoms with Crippen molar-refractivity contribution in [1.29, 1.82) is 0 Å². The first-order valence-corrected chi connectivity index (χ1v) is 10.7. The van der Waals surface area contributed by atoms with Gasteiger partial charge >= 0.3 is 5.76 Å². The van der Waals surface area contributed by atoms with Gasteiger partial charge in [-0.2, -0.15) is 4.31 Å². The minimum absolute atomic E-state index is 0.0131. The summed E-state index contributed by atoms with van der Waals surface area (Å²) in [6.07, 6.45) is 19.3. The highest BCUT2D eigenvalue weighted by Gasteiger charge is 2.19. The van der Waals surface area contributed by atoms with Crippen LogP contribution in [0.4, 0.5) is 8.78 Å². The Morgan fingerprint density at radius 1 is 1.16 bits per heavy atom. The summed E-state index contributed by atoms with van der Waals surface area (Å²) in [6.45, 7) is 1.79. The van der Waals surface area contributed by atoms with Crippen LogP contribution in [0.5, 0.6) is 0 Å². The summed E-state index contributed by atoms with van der Waals surface area (Å²) in [6, 6.07) is 2.11. The predicted molar refractivity (Wildman–Crippen MR) is 114 cm³/mol. The molecule has 0 saturated heterocycles. The molecule has 8 nitrogen and oxygen atoms in total. The Balaban J connectivity index is 0. The van der Waals surface area contributed by atoms with E-state index in [0.29, 0.717) is 12.8 Å². The zero-order valence-electron chi connectivity index (χ0n) is 17.4. The normalized spacial score (nSPS) is 10.0. The summed E-state index contributed by atoms with van der Waals surface area (Å²) in [7, 11) is -3.47. The topological polar surface area (TPSA) is 116 Å². The van der Waals surface area contributed by atoms with Crippen LogP contribution in [0.15, 0.2) is 27.7 Å². The Bertz CT molecular complexity index is 930. The number of aromatic nitrogens is 2. The van der Waals surface area contributed by atoms with Crippen LogP contribution in [0, 0.1) is 37.3 Å². The zero-order chi connectivity index (χ0) is 24.4. The summed E-state index contributed by atoms with van der Waals surface area (Å²) in [5.41, 5.74) is 0.200. The maximum atomic E-state index is 14.0. The van der Waals surface area contributed by atoms with E-state index in [2.05, 4.69) is 35.2 Å². The molecular weight excluding hydrogens is 432 g/mol. The second kappa shape index (κ2) is 16.8. The van der Waals surface area contributed by atoms with Gasteiger partial charge in [-0.1, -0.05) is 6.92 Å². The summed E-state index contributed by atoms with van der Waals surface area (Å²) >= 11 is 0. The lowest BCUT2D eigenvalue weighted by molar-refractivity contribution is 0.288. The molecule has 0 unspecified atom stereocenters. The molecule has 0 spiro atoms. The van der Waals surface area contributed by atoms with E-state index in [0.717, 1.165) is 29.1 Å². The van der Waals surface area contributed by atoms with E-state index >= 15 is 0 Å². The van der Waals surface area contributed by atoms with Crippen LogP contribution in [0.3, 0.4) is 0 Å². The van der Waals surface area contributed by atoms with Crippen molar-refractivity contribution in [3.63, 3.8) is 0 Å². The fourth-order valence-corrected chi connectivity index (χ4v) is 3.08. The highest BCUT2D eigenvalue weighted by molar-refractivity contribution is 7.88. The number of aromatic amines is 1. The molecule has 1 aromatic carbocycles. The van der Waals surface area contributed by atoms with Crippen LogP contribution in [-0.4, -0.2) is 47.4 Å². The van der Waals surface area contributed by atoms with Gasteiger partial charge in [-0.3, -0.25) is 0 Å². The SMILES string of the molecule is C#C.C#C.CCCN(Cc1cc(F)c(CCCO)cc1F)S(C)(=O)=O.O=c1[nH]nco1. The van der Waals surface area contributed by atoms with Gasteiger partial charge in [0.1, 0.15) is 11.6 Å². The average molecular weight is 460 g/mol. The molecule has 0 aliphatic heterocycles. The molecule has 0 fully saturated rings. The van der Waals surface area contributed by atoms with E-state index in [9.17, 15) is 22.0 Å². The molecule has 0 atom stereocenters. The Morgan fingerprint density at radius 3 is 2.10 bits per heavy atom. The second-order valence-corrected chi connectivity index (χ2v) is 7.69. The van der Waals surface area contributed by atoms with Gasteiger partial charge in [-0.25, -0.2) is 27.1 Å². The number of rotatable bonds is 8. The van der Waals surface area contributed by atoms with Crippen molar-refractivity contribution >= 4 is 10.0 Å². The van der Waals surface area contributed by atoms with E-state index in [4.69, 9.17) is 5.11 Å². The Kier molecular flexibility index (Phi) is 16.3. The minimum atomic E-state index is -3.47. The Morgan fingerprint density at radius 2 is 1.71 bits per heavy atom. The molecule has 1 heterocycles. The molecule has 0 saturated carbocycles. The highest BCUT2D eigenvalue weighted by Crippen LogP contribution is 2.19. The fourth-order valence-electron chi connectivity index (χ4n) is 2.19. The van der Waals surface area contributed by atoms with Crippen LogP contribution in [0.2, 0.25) is 0 Å². The van der Waals surface area contributed by atoms with Crippen LogP contribution in [0.1, 0.15) is 30.9 Å². The third kappa shape index (κ3) is 12.3. The van der Waals surface area contributed by atoms with E-state index in [-0.39, 0.29) is 37.2 Å². The van der Waals surface area contributed by atoms with Crippen LogP contribution in [0.25, 0.3) is 0 Å². The van der Waals surface area contributed by atoms with Crippen molar-refractivity contribution < 1.29 is 26.7 Å². The number of aliphatic hydroxyl groups is 1. The average Bonchev–Trinajstić information content (AvgIpc) is 3.22. The monoisotopic (exact) mass is 459 g/mol. The van der Waals surface area contributed by atoms with Crippen molar-refractivity contribution in [2.45, 2.75) is 32.7 Å². The predicted octanol–water partition coefficient (Wildman–Crippen LogP) is 1.92. The molecule has 31 heavy (non-hydrogen) atoms. The molecule has 11 heteroatoms. The van der Waals surface area contributed by atoms with Gasteiger partial charge in [0.05, 0.1) is 6.26 Å². The summed E-state index contributed by atoms with van der Waals surface area (Å²) in [5, 5.41) is 14.0. The number of nitrogens with zero attached hydrogens (tertiary/aromatic N) is 2. The number of benzene rings is 1. The quantitative estimate of drug-likeness (QED) is 0.583. The number of aliphatic hydroxyl groups excluding tert-OH is 1. The third-order valence-electron chi connectivity index (χ3n) is 3.48. The number of H-pyrrole nitrogens is 1. The van der Waals surface area contributed by atoms with Crippen molar-refractivity contribution in [1.82, 2.24) is 14.5 Å². The molecule has 2 rings (SSSR count). The molecule has 0 aliphatic carbocycles. The van der Waals surface area contributed by atoms with Crippen LogP contribution < -0.4 is 5.76 Å². The third-order valence-corrected chi connectivity index (χ3v) is 4.73. The molecule has 1 aromatic heterocycles. The molecule has 172 valence electrons. The lowest BCUT2D eigenvalue weighted by atomic mass is 10.1. The van der Waals surface area contributed by atoms with Gasteiger partial charge in [0.15, 0.2) is 0 Å². The Labute approximate surface area is 181 Å². The number of nitrogens with one attached hydrogen (secondary N) is 1. The van der Waals surface area contributed by atoms with Gasteiger partial charge in [-0.05, 0) is 37.0 Å². The number of aryl methyl sites for hydroxylation is 1. The number of halogens is 2.